The Morgan fingerprint density at radius 3 is 3.07 bits per heavy atom. The second-order valence-electron chi connectivity index (χ2n) is 3.88. The minimum absolute atomic E-state index is 0.430. The van der Waals surface area contributed by atoms with Gasteiger partial charge in [-0.1, -0.05) is 12.2 Å². The highest BCUT2D eigenvalue weighted by Crippen LogP contribution is 2.33. The topological polar surface area (TPSA) is 51.8 Å². The summed E-state index contributed by atoms with van der Waals surface area (Å²) in [5, 5.41) is 0. The van der Waals surface area contributed by atoms with Crippen LogP contribution in [0.2, 0.25) is 0 Å². The van der Waals surface area contributed by atoms with Crippen LogP contribution in [0.4, 0.5) is 5.82 Å². The number of allylic oxidation sites excluding steroid dienone is 1. The van der Waals surface area contributed by atoms with Crippen molar-refractivity contribution in [3.05, 3.63) is 30.2 Å². The van der Waals surface area contributed by atoms with Gasteiger partial charge in [0.15, 0.2) is 0 Å². The Labute approximate surface area is 84.1 Å². The Bertz CT molecular complexity index is 346. The average Bonchev–Trinajstić information content (AvgIpc) is 2.18. The Balaban J connectivity index is 2.17. The second-order valence-corrected chi connectivity index (χ2v) is 3.88. The molecule has 0 bridgehead atoms. The molecule has 1 aromatic heterocycles. The number of nitrogens with zero attached hydrogens (tertiary/aromatic N) is 2. The van der Waals surface area contributed by atoms with E-state index in [9.17, 15) is 0 Å². The largest absolute Gasteiger partial charge is 0.384 e. The van der Waals surface area contributed by atoms with Crippen molar-refractivity contribution in [2.24, 2.45) is 0 Å². The molecular weight excluding hydrogens is 174 g/mol. The highest BCUT2D eigenvalue weighted by Gasteiger charge is 2.19. The average molecular weight is 189 g/mol. The molecule has 1 unspecified atom stereocenters. The molecule has 2 rings (SSSR count). The molecule has 1 aliphatic rings. The summed E-state index contributed by atoms with van der Waals surface area (Å²) in [5.41, 5.74) is 6.94. The van der Waals surface area contributed by atoms with Crippen molar-refractivity contribution in [1.82, 2.24) is 9.97 Å². The molecular formula is C11H15N3. The third kappa shape index (κ3) is 1.92. The number of aromatic nitrogens is 2. The number of nitrogens with two attached hydrogens (primary N) is 1. The molecule has 0 radical (unpaired) electrons. The lowest BCUT2D eigenvalue weighted by molar-refractivity contribution is 0.503. The van der Waals surface area contributed by atoms with Crippen molar-refractivity contribution in [3.63, 3.8) is 0 Å². The number of nitrogen functional groups attached to an aromatic ring is 1. The SMILES string of the molecule is C=C1CCCC(c2nccc(N)n2)C1. The molecule has 0 aromatic carbocycles. The van der Waals surface area contributed by atoms with Crippen LogP contribution in [-0.4, -0.2) is 9.97 Å². The van der Waals surface area contributed by atoms with Crippen LogP contribution in [0.25, 0.3) is 0 Å². The van der Waals surface area contributed by atoms with Crippen molar-refractivity contribution in [2.75, 3.05) is 5.73 Å². The molecule has 1 atom stereocenters. The van der Waals surface area contributed by atoms with Gasteiger partial charge >= 0.3 is 0 Å². The van der Waals surface area contributed by atoms with Crippen molar-refractivity contribution in [1.29, 1.82) is 0 Å². The summed E-state index contributed by atoms with van der Waals surface area (Å²) < 4.78 is 0. The van der Waals surface area contributed by atoms with Crippen LogP contribution in [0.5, 0.6) is 0 Å². The predicted molar refractivity (Wildman–Crippen MR) is 56.8 cm³/mol. The van der Waals surface area contributed by atoms with Gasteiger partial charge in [-0.25, -0.2) is 9.97 Å². The molecule has 0 amide bonds. The molecule has 0 aliphatic heterocycles. The fraction of sp³-hybridized carbons (Fsp3) is 0.455. The highest BCUT2D eigenvalue weighted by atomic mass is 14.9. The summed E-state index contributed by atoms with van der Waals surface area (Å²) >= 11 is 0. The zero-order chi connectivity index (χ0) is 9.97. The van der Waals surface area contributed by atoms with E-state index in [-0.39, 0.29) is 0 Å². The monoisotopic (exact) mass is 189 g/mol. The van der Waals surface area contributed by atoms with Crippen molar-refractivity contribution < 1.29 is 0 Å². The number of hydrogen-bond donors (Lipinski definition) is 1. The molecule has 1 fully saturated rings. The predicted octanol–water partition coefficient (Wildman–Crippen LogP) is 2.27. The highest BCUT2D eigenvalue weighted by molar-refractivity contribution is 5.26. The third-order valence-corrected chi connectivity index (χ3v) is 2.68. The zero-order valence-electron chi connectivity index (χ0n) is 8.24. The first-order valence-corrected chi connectivity index (χ1v) is 5.01. The maximum absolute atomic E-state index is 5.63. The van der Waals surface area contributed by atoms with Gasteiger partial charge in [-0.15, -0.1) is 0 Å². The molecule has 74 valence electrons. The van der Waals surface area contributed by atoms with E-state index in [2.05, 4.69) is 16.5 Å². The summed E-state index contributed by atoms with van der Waals surface area (Å²) in [6.45, 7) is 4.03. The normalized spacial score (nSPS) is 22.3. The van der Waals surface area contributed by atoms with E-state index in [1.165, 1.54) is 12.0 Å². The molecule has 0 spiro atoms. The van der Waals surface area contributed by atoms with Crippen molar-refractivity contribution in [2.45, 2.75) is 31.6 Å². The molecule has 2 N–H and O–H groups in total. The second kappa shape index (κ2) is 3.78. The minimum atomic E-state index is 0.430. The Hall–Kier alpha value is -1.38. The van der Waals surface area contributed by atoms with E-state index in [0.717, 1.165) is 25.1 Å². The van der Waals surface area contributed by atoms with Crippen molar-refractivity contribution in [3.8, 4) is 0 Å². The first-order chi connectivity index (χ1) is 6.75. The maximum Gasteiger partial charge on any atom is 0.134 e. The lowest BCUT2D eigenvalue weighted by Crippen LogP contribution is -2.10. The van der Waals surface area contributed by atoms with E-state index in [1.807, 2.05) is 0 Å². The van der Waals surface area contributed by atoms with Crippen LogP contribution in [0.15, 0.2) is 24.4 Å². The smallest absolute Gasteiger partial charge is 0.134 e. The number of hydrogen-bond acceptors (Lipinski definition) is 3. The quantitative estimate of drug-likeness (QED) is 0.689. The Morgan fingerprint density at radius 1 is 1.50 bits per heavy atom. The summed E-state index contributed by atoms with van der Waals surface area (Å²) in [4.78, 5) is 8.52. The summed E-state index contributed by atoms with van der Waals surface area (Å²) in [6, 6.07) is 1.72. The number of anilines is 1. The first kappa shape index (κ1) is 9.19. The van der Waals surface area contributed by atoms with Gasteiger partial charge in [-0.3, -0.25) is 0 Å². The van der Waals surface area contributed by atoms with Gasteiger partial charge < -0.3 is 5.73 Å². The summed E-state index contributed by atoms with van der Waals surface area (Å²) in [6.07, 6.45) is 6.25. The van der Waals surface area contributed by atoms with Gasteiger partial charge in [0, 0.05) is 12.1 Å². The van der Waals surface area contributed by atoms with E-state index in [4.69, 9.17) is 5.73 Å². The molecule has 1 aliphatic carbocycles. The molecule has 1 saturated carbocycles. The van der Waals surface area contributed by atoms with Crippen molar-refractivity contribution >= 4 is 5.82 Å². The summed E-state index contributed by atoms with van der Waals surface area (Å²) in [5.74, 6) is 1.87. The van der Waals surface area contributed by atoms with E-state index in [1.54, 1.807) is 12.3 Å². The molecule has 1 aromatic rings. The van der Waals surface area contributed by atoms with Crippen LogP contribution < -0.4 is 5.73 Å². The Morgan fingerprint density at radius 2 is 2.36 bits per heavy atom. The Kier molecular flexibility index (Phi) is 2.48. The van der Waals surface area contributed by atoms with Crippen LogP contribution in [0, 0.1) is 0 Å². The van der Waals surface area contributed by atoms with E-state index in [0.29, 0.717) is 11.7 Å². The van der Waals surface area contributed by atoms with E-state index >= 15 is 0 Å². The lowest BCUT2D eigenvalue weighted by atomic mass is 9.86. The minimum Gasteiger partial charge on any atom is -0.384 e. The molecule has 3 heteroatoms. The van der Waals surface area contributed by atoms with Gasteiger partial charge in [0.05, 0.1) is 0 Å². The lowest BCUT2D eigenvalue weighted by Gasteiger charge is -2.22. The fourth-order valence-electron chi connectivity index (χ4n) is 1.96. The van der Waals surface area contributed by atoms with Gasteiger partial charge in [-0.05, 0) is 31.7 Å². The standard InChI is InChI=1S/C11H15N3/c1-8-3-2-4-9(7-8)11-13-6-5-10(12)14-11/h5-6,9H,1-4,7H2,(H2,12,13,14). The van der Waals surface area contributed by atoms with Crippen LogP contribution >= 0.6 is 0 Å². The van der Waals surface area contributed by atoms with Crippen LogP contribution in [-0.2, 0) is 0 Å². The zero-order valence-corrected chi connectivity index (χ0v) is 8.24. The van der Waals surface area contributed by atoms with Gasteiger partial charge in [0.25, 0.3) is 0 Å². The third-order valence-electron chi connectivity index (χ3n) is 2.68. The van der Waals surface area contributed by atoms with Crippen LogP contribution in [0.3, 0.4) is 0 Å². The van der Waals surface area contributed by atoms with Gasteiger partial charge in [0.1, 0.15) is 11.6 Å². The van der Waals surface area contributed by atoms with Gasteiger partial charge in [-0.2, -0.15) is 0 Å². The van der Waals surface area contributed by atoms with Crippen LogP contribution in [0.1, 0.15) is 37.4 Å². The number of rotatable bonds is 1. The fourth-order valence-corrected chi connectivity index (χ4v) is 1.96. The molecule has 14 heavy (non-hydrogen) atoms. The summed E-state index contributed by atoms with van der Waals surface area (Å²) in [7, 11) is 0. The maximum atomic E-state index is 5.63. The molecule has 3 nitrogen and oxygen atoms in total. The molecule has 0 saturated heterocycles. The van der Waals surface area contributed by atoms with Gasteiger partial charge in [0.2, 0.25) is 0 Å². The first-order valence-electron chi connectivity index (χ1n) is 5.01. The van der Waals surface area contributed by atoms with E-state index < -0.39 is 0 Å². The molecule has 1 heterocycles.